The maximum Gasteiger partial charge on any atom is 0.212 e. The Labute approximate surface area is 119 Å². The van der Waals surface area contributed by atoms with E-state index in [-0.39, 0.29) is 0 Å². The lowest BCUT2D eigenvalue weighted by atomic mass is 10.2. The smallest absolute Gasteiger partial charge is 0.212 e. The molecule has 0 unspecified atom stereocenters. The zero-order valence-corrected chi connectivity index (χ0v) is 12.4. The zero-order valence-electron chi connectivity index (χ0n) is 12.4. The van der Waals surface area contributed by atoms with Gasteiger partial charge in [0.25, 0.3) is 0 Å². The average molecular weight is 272 g/mol. The summed E-state index contributed by atoms with van der Waals surface area (Å²) in [5.41, 5.74) is 3.63. The summed E-state index contributed by atoms with van der Waals surface area (Å²) in [7, 11) is 1.60. The lowest BCUT2D eigenvalue weighted by Gasteiger charge is -2.12. The van der Waals surface area contributed by atoms with Gasteiger partial charge < -0.3 is 10.1 Å². The van der Waals surface area contributed by atoms with Crippen LogP contribution in [0.1, 0.15) is 24.7 Å². The van der Waals surface area contributed by atoms with Crippen LogP contribution in [0.5, 0.6) is 5.88 Å². The van der Waals surface area contributed by atoms with Gasteiger partial charge in [0.15, 0.2) is 5.82 Å². The van der Waals surface area contributed by atoms with Crippen molar-refractivity contribution in [2.45, 2.75) is 27.2 Å². The van der Waals surface area contributed by atoms with Crippen molar-refractivity contribution in [2.24, 2.45) is 0 Å². The van der Waals surface area contributed by atoms with Crippen LogP contribution >= 0.6 is 0 Å². The number of nitrogens with zero attached hydrogens (tertiary/aromatic N) is 3. The van der Waals surface area contributed by atoms with Gasteiger partial charge in [0.2, 0.25) is 5.88 Å². The highest BCUT2D eigenvalue weighted by Crippen LogP contribution is 2.26. The van der Waals surface area contributed by atoms with Crippen molar-refractivity contribution in [1.29, 1.82) is 0 Å². The minimum Gasteiger partial charge on any atom is -0.481 e. The number of methoxy groups -OCH3 is 1. The summed E-state index contributed by atoms with van der Waals surface area (Å²) in [6, 6.07) is 3.78. The van der Waals surface area contributed by atoms with Crippen molar-refractivity contribution in [3.8, 4) is 17.1 Å². The molecule has 0 aliphatic carbocycles. The molecule has 106 valence electrons. The molecule has 0 aliphatic rings. The fourth-order valence-electron chi connectivity index (χ4n) is 1.81. The third-order valence-corrected chi connectivity index (χ3v) is 3.07. The van der Waals surface area contributed by atoms with Crippen LogP contribution in [0.15, 0.2) is 18.3 Å². The Morgan fingerprint density at radius 3 is 2.50 bits per heavy atom. The molecule has 0 fully saturated rings. The van der Waals surface area contributed by atoms with E-state index in [4.69, 9.17) is 4.74 Å². The summed E-state index contributed by atoms with van der Waals surface area (Å²) in [4.78, 5) is 13.5. The highest BCUT2D eigenvalue weighted by Gasteiger charge is 2.11. The second-order valence-corrected chi connectivity index (χ2v) is 4.61. The van der Waals surface area contributed by atoms with Crippen molar-refractivity contribution in [2.75, 3.05) is 19.0 Å². The standard InChI is InChI=1S/C15H20N4O/c1-5-8-16-15-14(18-10(2)11(3)19-15)12-6-7-13(20-4)17-9-12/h6-7,9H,5,8H2,1-4H3,(H,16,19). The molecule has 0 spiro atoms. The molecule has 0 aliphatic heterocycles. The molecule has 0 saturated heterocycles. The number of ether oxygens (including phenoxy) is 1. The fourth-order valence-corrected chi connectivity index (χ4v) is 1.81. The monoisotopic (exact) mass is 272 g/mol. The summed E-state index contributed by atoms with van der Waals surface area (Å²) in [6.45, 7) is 6.92. The van der Waals surface area contributed by atoms with Gasteiger partial charge in [0, 0.05) is 24.4 Å². The molecule has 1 N–H and O–H groups in total. The summed E-state index contributed by atoms with van der Waals surface area (Å²) in [6.07, 6.45) is 2.80. The number of hydrogen-bond acceptors (Lipinski definition) is 5. The van der Waals surface area contributed by atoms with Crippen LogP contribution in [0.3, 0.4) is 0 Å². The van der Waals surface area contributed by atoms with Gasteiger partial charge in [-0.25, -0.2) is 15.0 Å². The lowest BCUT2D eigenvalue weighted by molar-refractivity contribution is 0.398. The van der Waals surface area contributed by atoms with Crippen LogP contribution in [0.4, 0.5) is 5.82 Å². The lowest BCUT2D eigenvalue weighted by Crippen LogP contribution is -2.07. The zero-order chi connectivity index (χ0) is 14.5. The SMILES string of the molecule is CCCNc1nc(C)c(C)nc1-c1ccc(OC)nc1. The van der Waals surface area contributed by atoms with Gasteiger partial charge in [0.1, 0.15) is 5.69 Å². The number of nitrogens with one attached hydrogen (secondary N) is 1. The van der Waals surface area contributed by atoms with E-state index >= 15 is 0 Å². The summed E-state index contributed by atoms with van der Waals surface area (Å²) in [5.74, 6) is 1.40. The quantitative estimate of drug-likeness (QED) is 0.906. The van der Waals surface area contributed by atoms with E-state index < -0.39 is 0 Å². The van der Waals surface area contributed by atoms with Gasteiger partial charge in [0.05, 0.1) is 18.5 Å². The summed E-state index contributed by atoms with van der Waals surface area (Å²) in [5, 5.41) is 3.33. The van der Waals surface area contributed by atoms with Gasteiger partial charge in [-0.2, -0.15) is 0 Å². The first-order valence-corrected chi connectivity index (χ1v) is 6.75. The number of hydrogen-bond donors (Lipinski definition) is 1. The predicted molar refractivity (Wildman–Crippen MR) is 80.1 cm³/mol. The Morgan fingerprint density at radius 1 is 1.15 bits per heavy atom. The van der Waals surface area contributed by atoms with E-state index in [2.05, 4.69) is 27.2 Å². The van der Waals surface area contributed by atoms with E-state index in [1.165, 1.54) is 0 Å². The molecule has 0 bridgehead atoms. The first-order chi connectivity index (χ1) is 9.65. The van der Waals surface area contributed by atoms with Crippen LogP contribution < -0.4 is 10.1 Å². The van der Waals surface area contributed by atoms with E-state index in [0.717, 1.165) is 41.4 Å². The number of rotatable bonds is 5. The van der Waals surface area contributed by atoms with Crippen LogP contribution in [-0.4, -0.2) is 28.6 Å². The van der Waals surface area contributed by atoms with Crippen LogP contribution in [0.2, 0.25) is 0 Å². The van der Waals surface area contributed by atoms with E-state index in [9.17, 15) is 0 Å². The van der Waals surface area contributed by atoms with Crippen molar-refractivity contribution in [3.63, 3.8) is 0 Å². The largest absolute Gasteiger partial charge is 0.481 e. The van der Waals surface area contributed by atoms with Crippen molar-refractivity contribution < 1.29 is 4.74 Å². The molecule has 0 saturated carbocycles. The summed E-state index contributed by atoms with van der Waals surface area (Å²) < 4.78 is 5.08. The van der Waals surface area contributed by atoms with Crippen LogP contribution in [0.25, 0.3) is 11.3 Å². The molecule has 2 rings (SSSR count). The number of pyridine rings is 1. The molecule has 0 radical (unpaired) electrons. The average Bonchev–Trinajstić information content (AvgIpc) is 2.48. The molecule has 0 atom stereocenters. The summed E-state index contributed by atoms with van der Waals surface area (Å²) >= 11 is 0. The number of aromatic nitrogens is 3. The van der Waals surface area contributed by atoms with Crippen LogP contribution in [0, 0.1) is 13.8 Å². The molecule has 5 heteroatoms. The van der Waals surface area contributed by atoms with E-state index in [0.29, 0.717) is 5.88 Å². The molecule has 5 nitrogen and oxygen atoms in total. The van der Waals surface area contributed by atoms with Crippen molar-refractivity contribution in [1.82, 2.24) is 15.0 Å². The topological polar surface area (TPSA) is 59.9 Å². The van der Waals surface area contributed by atoms with Crippen LogP contribution in [-0.2, 0) is 0 Å². The highest BCUT2D eigenvalue weighted by molar-refractivity contribution is 5.71. The molecular weight excluding hydrogens is 252 g/mol. The van der Waals surface area contributed by atoms with Crippen molar-refractivity contribution in [3.05, 3.63) is 29.7 Å². The first-order valence-electron chi connectivity index (χ1n) is 6.75. The maximum atomic E-state index is 5.08. The van der Waals surface area contributed by atoms with Gasteiger partial charge in [-0.1, -0.05) is 6.92 Å². The Kier molecular flexibility index (Phi) is 4.50. The highest BCUT2D eigenvalue weighted by atomic mass is 16.5. The predicted octanol–water partition coefficient (Wildman–Crippen LogP) is 2.99. The Bertz CT molecular complexity index is 581. The van der Waals surface area contributed by atoms with Crippen molar-refractivity contribution >= 4 is 5.82 Å². The molecule has 2 aromatic heterocycles. The fraction of sp³-hybridized carbons (Fsp3) is 0.400. The normalized spacial score (nSPS) is 10.4. The molecule has 0 amide bonds. The minimum atomic E-state index is 0.591. The van der Waals surface area contributed by atoms with E-state index in [1.807, 2.05) is 26.0 Å². The second-order valence-electron chi connectivity index (χ2n) is 4.61. The molecule has 2 aromatic rings. The Hall–Kier alpha value is -2.17. The molecule has 0 aromatic carbocycles. The van der Waals surface area contributed by atoms with Gasteiger partial charge in [-0.05, 0) is 26.3 Å². The minimum absolute atomic E-state index is 0.591. The molecule has 2 heterocycles. The van der Waals surface area contributed by atoms with Gasteiger partial charge in [-0.3, -0.25) is 0 Å². The van der Waals surface area contributed by atoms with Gasteiger partial charge >= 0.3 is 0 Å². The van der Waals surface area contributed by atoms with Gasteiger partial charge in [-0.15, -0.1) is 0 Å². The molecule has 20 heavy (non-hydrogen) atoms. The first kappa shape index (κ1) is 14.2. The van der Waals surface area contributed by atoms with E-state index in [1.54, 1.807) is 13.3 Å². The third-order valence-electron chi connectivity index (χ3n) is 3.07. The Morgan fingerprint density at radius 2 is 1.90 bits per heavy atom. The number of aryl methyl sites for hydroxylation is 2. The maximum absolute atomic E-state index is 5.08. The Balaban J connectivity index is 2.43. The second kappa shape index (κ2) is 6.32. The molecular formula is C15H20N4O. The third kappa shape index (κ3) is 3.04. The number of anilines is 1.